The molecule has 2 nitrogen and oxygen atoms in total. The van der Waals surface area contributed by atoms with Crippen LogP contribution in [-0.2, 0) is 0 Å². The molecule has 106 valence electrons. The van der Waals surface area contributed by atoms with Crippen molar-refractivity contribution in [1.29, 1.82) is 0 Å². The summed E-state index contributed by atoms with van der Waals surface area (Å²) in [7, 11) is 1.70. The van der Waals surface area contributed by atoms with E-state index in [1.807, 2.05) is 18.2 Å². The number of hydrogen-bond donors (Lipinski definition) is 1. The molecule has 0 aromatic heterocycles. The number of hydrogen-bond acceptors (Lipinski definition) is 2. The number of nitrogens with one attached hydrogen (secondary N) is 1. The Morgan fingerprint density at radius 2 is 1.55 bits per heavy atom. The molecule has 0 aliphatic heterocycles. The van der Waals surface area contributed by atoms with Crippen LogP contribution in [0, 0.1) is 0 Å². The van der Waals surface area contributed by atoms with E-state index in [9.17, 15) is 0 Å². The predicted molar refractivity (Wildman–Crippen MR) is 87.1 cm³/mol. The van der Waals surface area contributed by atoms with Gasteiger partial charge in [-0.25, -0.2) is 0 Å². The normalized spacial score (nSPS) is 13.8. The first-order valence-corrected chi connectivity index (χ1v) is 7.55. The van der Waals surface area contributed by atoms with Gasteiger partial charge in [0.2, 0.25) is 0 Å². The summed E-state index contributed by atoms with van der Waals surface area (Å²) < 4.78 is 6.39. The molecule has 0 bridgehead atoms. The third-order valence-corrected chi connectivity index (χ3v) is 3.94. The molecule has 0 fully saturated rings. The van der Waals surface area contributed by atoms with Crippen LogP contribution in [0.4, 0.5) is 0 Å². The molecule has 0 aliphatic carbocycles. The van der Waals surface area contributed by atoms with Crippen LogP contribution in [0.5, 0.6) is 5.75 Å². The van der Waals surface area contributed by atoms with Gasteiger partial charge in [-0.3, -0.25) is 0 Å². The zero-order valence-electron chi connectivity index (χ0n) is 12.1. The van der Waals surface area contributed by atoms with E-state index < -0.39 is 0 Å². The van der Waals surface area contributed by atoms with Gasteiger partial charge in [0.1, 0.15) is 5.75 Å². The van der Waals surface area contributed by atoms with Gasteiger partial charge in [0.15, 0.2) is 0 Å². The van der Waals surface area contributed by atoms with Gasteiger partial charge in [0.05, 0.1) is 7.11 Å². The number of benzene rings is 2. The van der Waals surface area contributed by atoms with Crippen molar-refractivity contribution in [2.45, 2.75) is 25.9 Å². The maximum atomic E-state index is 5.28. The average molecular weight is 334 g/mol. The fourth-order valence-corrected chi connectivity index (χ4v) is 2.67. The highest BCUT2D eigenvalue weighted by molar-refractivity contribution is 9.10. The van der Waals surface area contributed by atoms with Crippen molar-refractivity contribution >= 4 is 15.9 Å². The average Bonchev–Trinajstić information content (AvgIpc) is 2.47. The molecule has 2 aromatic carbocycles. The molecule has 1 N–H and O–H groups in total. The van der Waals surface area contributed by atoms with Gasteiger partial charge >= 0.3 is 0 Å². The van der Waals surface area contributed by atoms with Crippen molar-refractivity contribution in [3.8, 4) is 5.75 Å². The molecular formula is C17H20BrNO. The van der Waals surface area contributed by atoms with Gasteiger partial charge < -0.3 is 10.1 Å². The van der Waals surface area contributed by atoms with Crippen molar-refractivity contribution in [1.82, 2.24) is 5.32 Å². The van der Waals surface area contributed by atoms with Gasteiger partial charge in [0, 0.05) is 16.6 Å². The smallest absolute Gasteiger partial charge is 0.119 e. The van der Waals surface area contributed by atoms with E-state index in [2.05, 4.69) is 65.4 Å². The third-order valence-electron chi connectivity index (χ3n) is 3.44. The van der Waals surface area contributed by atoms with E-state index in [0.717, 1.165) is 10.2 Å². The highest BCUT2D eigenvalue weighted by Gasteiger charge is 2.11. The predicted octanol–water partition coefficient (Wildman–Crippen LogP) is 4.87. The maximum Gasteiger partial charge on any atom is 0.119 e. The molecule has 2 unspecified atom stereocenters. The highest BCUT2D eigenvalue weighted by Crippen LogP contribution is 2.23. The first-order valence-electron chi connectivity index (χ1n) is 6.75. The van der Waals surface area contributed by atoms with E-state index in [-0.39, 0.29) is 12.1 Å². The minimum atomic E-state index is 0.263. The molecule has 0 spiro atoms. The molecule has 20 heavy (non-hydrogen) atoms. The Morgan fingerprint density at radius 1 is 0.950 bits per heavy atom. The number of methoxy groups -OCH3 is 1. The second-order valence-electron chi connectivity index (χ2n) is 4.94. The Balaban J connectivity index is 2.08. The van der Waals surface area contributed by atoms with Crippen LogP contribution in [0.2, 0.25) is 0 Å². The van der Waals surface area contributed by atoms with E-state index in [0.29, 0.717) is 0 Å². The lowest BCUT2D eigenvalue weighted by Crippen LogP contribution is -2.22. The quantitative estimate of drug-likeness (QED) is 0.842. The van der Waals surface area contributed by atoms with Gasteiger partial charge in [0.25, 0.3) is 0 Å². The van der Waals surface area contributed by atoms with Gasteiger partial charge in [-0.15, -0.1) is 0 Å². The fraction of sp³-hybridized carbons (Fsp3) is 0.294. The maximum absolute atomic E-state index is 5.28. The Labute approximate surface area is 129 Å². The van der Waals surface area contributed by atoms with Crippen molar-refractivity contribution in [3.05, 3.63) is 64.1 Å². The fourth-order valence-electron chi connectivity index (χ4n) is 2.25. The topological polar surface area (TPSA) is 21.3 Å². The number of rotatable bonds is 5. The van der Waals surface area contributed by atoms with Gasteiger partial charge in [-0.2, -0.15) is 0 Å². The standard InChI is InChI=1S/C17H20BrNO/c1-12(14-6-4-8-16(18)10-14)19-13(2)15-7-5-9-17(11-15)20-3/h4-13,19H,1-3H3. The van der Waals surface area contributed by atoms with Crippen LogP contribution in [0.25, 0.3) is 0 Å². The Morgan fingerprint density at radius 3 is 2.15 bits per heavy atom. The minimum Gasteiger partial charge on any atom is -0.497 e. The molecule has 0 saturated heterocycles. The third kappa shape index (κ3) is 3.84. The molecule has 0 aliphatic rings. The lowest BCUT2D eigenvalue weighted by molar-refractivity contribution is 0.412. The van der Waals surface area contributed by atoms with Crippen LogP contribution in [0.15, 0.2) is 53.0 Å². The molecule has 3 heteroatoms. The van der Waals surface area contributed by atoms with E-state index in [4.69, 9.17) is 4.74 Å². The molecular weight excluding hydrogens is 314 g/mol. The minimum absolute atomic E-state index is 0.263. The molecule has 2 aromatic rings. The van der Waals surface area contributed by atoms with Crippen molar-refractivity contribution in [2.24, 2.45) is 0 Å². The van der Waals surface area contributed by atoms with Crippen molar-refractivity contribution in [3.63, 3.8) is 0 Å². The van der Waals surface area contributed by atoms with Crippen LogP contribution in [0.1, 0.15) is 37.1 Å². The first kappa shape index (κ1) is 15.1. The molecule has 0 saturated carbocycles. The zero-order valence-corrected chi connectivity index (χ0v) is 13.6. The Bertz CT molecular complexity index is 570. The summed E-state index contributed by atoms with van der Waals surface area (Å²) in [6.45, 7) is 4.35. The van der Waals surface area contributed by atoms with Gasteiger partial charge in [-0.05, 0) is 49.2 Å². The highest BCUT2D eigenvalue weighted by atomic mass is 79.9. The molecule has 2 rings (SSSR count). The van der Waals surface area contributed by atoms with E-state index in [1.54, 1.807) is 7.11 Å². The summed E-state index contributed by atoms with van der Waals surface area (Å²) in [6.07, 6.45) is 0. The summed E-state index contributed by atoms with van der Waals surface area (Å²) in [4.78, 5) is 0. The summed E-state index contributed by atoms with van der Waals surface area (Å²) in [6, 6.07) is 17.1. The van der Waals surface area contributed by atoms with E-state index in [1.165, 1.54) is 11.1 Å². The first-order chi connectivity index (χ1) is 9.60. The Kier molecular flexibility index (Phi) is 5.21. The van der Waals surface area contributed by atoms with Gasteiger partial charge in [-0.1, -0.05) is 40.2 Å². The summed E-state index contributed by atoms with van der Waals surface area (Å²) in [5.74, 6) is 0.895. The van der Waals surface area contributed by atoms with Crippen molar-refractivity contribution < 1.29 is 4.74 Å². The van der Waals surface area contributed by atoms with Crippen LogP contribution < -0.4 is 10.1 Å². The largest absolute Gasteiger partial charge is 0.497 e. The number of halogens is 1. The zero-order chi connectivity index (χ0) is 14.5. The summed E-state index contributed by atoms with van der Waals surface area (Å²) >= 11 is 3.52. The molecule has 2 atom stereocenters. The summed E-state index contributed by atoms with van der Waals surface area (Å²) in [5, 5.41) is 3.61. The lowest BCUT2D eigenvalue weighted by Gasteiger charge is -2.21. The van der Waals surface area contributed by atoms with Crippen LogP contribution >= 0.6 is 15.9 Å². The summed E-state index contributed by atoms with van der Waals surface area (Å²) in [5.41, 5.74) is 2.50. The van der Waals surface area contributed by atoms with E-state index >= 15 is 0 Å². The SMILES string of the molecule is COc1cccc(C(C)NC(C)c2cccc(Br)c2)c1. The van der Waals surface area contributed by atoms with Crippen LogP contribution in [0.3, 0.4) is 0 Å². The molecule has 0 heterocycles. The number of ether oxygens (including phenoxy) is 1. The molecule has 0 amide bonds. The lowest BCUT2D eigenvalue weighted by atomic mass is 10.0. The molecule has 0 radical (unpaired) electrons. The van der Waals surface area contributed by atoms with Crippen LogP contribution in [-0.4, -0.2) is 7.11 Å². The Hall–Kier alpha value is -1.32. The monoisotopic (exact) mass is 333 g/mol. The second-order valence-corrected chi connectivity index (χ2v) is 5.86. The van der Waals surface area contributed by atoms with Crippen molar-refractivity contribution in [2.75, 3.05) is 7.11 Å². The second kappa shape index (κ2) is 6.91.